The number of benzene rings is 2. The van der Waals surface area contributed by atoms with Crippen molar-refractivity contribution >= 4 is 22.4 Å². The van der Waals surface area contributed by atoms with E-state index in [1.165, 1.54) is 54.2 Å². The van der Waals surface area contributed by atoms with Crippen LogP contribution in [0.2, 0.25) is 0 Å². The molecule has 0 bridgehead atoms. The van der Waals surface area contributed by atoms with Crippen LogP contribution in [0.1, 0.15) is 29.5 Å². The van der Waals surface area contributed by atoms with Crippen molar-refractivity contribution in [3.8, 4) is 0 Å². The molecule has 0 spiro atoms. The first-order chi connectivity index (χ1) is 19.8. The Labute approximate surface area is 239 Å². The monoisotopic (exact) mass is 533 g/mol. The summed E-state index contributed by atoms with van der Waals surface area (Å²) in [6, 6.07) is 19.1. The van der Waals surface area contributed by atoms with Crippen LogP contribution >= 0.6 is 0 Å². The molecule has 0 atom stereocenters. The third-order valence-electron chi connectivity index (χ3n) is 8.15. The second-order valence-corrected chi connectivity index (χ2v) is 11.0. The number of nitrogens with one attached hydrogen (secondary N) is 2. The summed E-state index contributed by atoms with van der Waals surface area (Å²) in [4.78, 5) is 10.3. The number of para-hydroxylation sites is 2. The molecule has 40 heavy (non-hydrogen) atoms. The fourth-order valence-corrected chi connectivity index (χ4v) is 6.02. The maximum absolute atomic E-state index is 5.08. The number of nitrogens with zero attached hydrogens (tertiary/aromatic N) is 4. The van der Waals surface area contributed by atoms with Crippen LogP contribution in [-0.4, -0.2) is 71.5 Å². The number of aromatic nitrogens is 2. The molecule has 2 fully saturated rings. The minimum Gasteiger partial charge on any atom is -0.368 e. The summed E-state index contributed by atoms with van der Waals surface area (Å²) < 4.78 is 2.32. The molecule has 2 aromatic carbocycles. The highest BCUT2D eigenvalue weighted by Crippen LogP contribution is 2.39. The molecule has 6 rings (SSSR count). The molecule has 1 saturated carbocycles. The van der Waals surface area contributed by atoms with Crippen LogP contribution < -0.4 is 10.6 Å². The van der Waals surface area contributed by atoms with Crippen LogP contribution in [0, 0.1) is 38.5 Å². The summed E-state index contributed by atoms with van der Waals surface area (Å²) in [5, 5.41) is 7.30. The van der Waals surface area contributed by atoms with Gasteiger partial charge in [0.1, 0.15) is 0 Å². The Hall–Kier alpha value is -2.93. The molecule has 2 aliphatic rings. The maximum Gasteiger partial charge on any atom is 0.151 e. The minimum absolute atomic E-state index is 0.916. The Morgan fingerprint density at radius 1 is 0.800 bits per heavy atom. The van der Waals surface area contributed by atoms with Gasteiger partial charge in [0.15, 0.2) is 5.82 Å². The molecule has 207 valence electrons. The Bertz CT molecular complexity index is 1370. The molecule has 4 aromatic rings. The van der Waals surface area contributed by atoms with E-state index in [0.717, 1.165) is 62.5 Å². The molecular formula is C34H41N6. The number of fused-ring (bicyclic) bond motifs is 3. The molecule has 6 nitrogen and oxygen atoms in total. The largest absolute Gasteiger partial charge is 0.368 e. The molecule has 5 radical (unpaired) electrons. The van der Waals surface area contributed by atoms with Crippen LogP contribution in [0.3, 0.4) is 0 Å². The van der Waals surface area contributed by atoms with Crippen LogP contribution in [0.5, 0.6) is 0 Å². The quantitative estimate of drug-likeness (QED) is 0.247. The van der Waals surface area contributed by atoms with Crippen LogP contribution in [0.15, 0.2) is 60.8 Å². The summed E-state index contributed by atoms with van der Waals surface area (Å²) in [7, 11) is 0. The Morgan fingerprint density at radius 3 is 2.23 bits per heavy atom. The van der Waals surface area contributed by atoms with E-state index in [1.807, 2.05) is 0 Å². The van der Waals surface area contributed by atoms with Crippen molar-refractivity contribution in [2.45, 2.75) is 26.3 Å². The van der Waals surface area contributed by atoms with E-state index in [0.29, 0.717) is 0 Å². The van der Waals surface area contributed by atoms with Crippen molar-refractivity contribution < 1.29 is 0 Å². The molecule has 3 heterocycles. The van der Waals surface area contributed by atoms with Gasteiger partial charge in [-0.05, 0) is 93.9 Å². The van der Waals surface area contributed by atoms with Crippen molar-refractivity contribution in [3.05, 3.63) is 109 Å². The first-order valence-corrected chi connectivity index (χ1v) is 14.8. The normalized spacial score (nSPS) is 17.3. The number of hydrogen-bond acceptors (Lipinski definition) is 5. The van der Waals surface area contributed by atoms with Gasteiger partial charge in [0.25, 0.3) is 0 Å². The standard InChI is InChI=1S/C34H41N6/c1-27-26-40-31-16-8-7-15-30(31)37-34(33(40)32(27)29-13-5-6-14-29)36-18-10-20-39-23-21-38(22-24-39)19-9-17-35-25-28-11-3-2-4-12-28/h2-8,11-16,26,35H,9-10,17-25H2,1H3,(H,36,37). The van der Waals surface area contributed by atoms with Gasteiger partial charge in [-0.2, -0.15) is 0 Å². The maximum atomic E-state index is 5.08. The number of hydrogen-bond donors (Lipinski definition) is 2. The summed E-state index contributed by atoms with van der Waals surface area (Å²) in [5.74, 6) is 2.23. The first-order valence-electron chi connectivity index (χ1n) is 14.8. The van der Waals surface area contributed by atoms with Crippen molar-refractivity contribution in [3.63, 3.8) is 0 Å². The highest BCUT2D eigenvalue weighted by molar-refractivity contribution is 5.89. The molecule has 1 aliphatic heterocycles. The van der Waals surface area contributed by atoms with Crippen molar-refractivity contribution in [1.29, 1.82) is 0 Å². The van der Waals surface area contributed by atoms with E-state index in [-0.39, 0.29) is 0 Å². The van der Waals surface area contributed by atoms with Crippen LogP contribution in [-0.2, 0) is 6.54 Å². The van der Waals surface area contributed by atoms with E-state index in [4.69, 9.17) is 4.98 Å². The predicted octanol–water partition coefficient (Wildman–Crippen LogP) is 5.15. The highest BCUT2D eigenvalue weighted by atomic mass is 15.3. The number of piperazine rings is 1. The topological polar surface area (TPSA) is 47.8 Å². The van der Waals surface area contributed by atoms with Gasteiger partial charge in [-0.1, -0.05) is 42.5 Å². The van der Waals surface area contributed by atoms with Gasteiger partial charge in [-0.3, -0.25) is 0 Å². The Kier molecular flexibility index (Phi) is 8.96. The van der Waals surface area contributed by atoms with E-state index in [9.17, 15) is 0 Å². The summed E-state index contributed by atoms with van der Waals surface area (Å²) in [6.07, 6.45) is 13.2. The van der Waals surface area contributed by atoms with E-state index in [1.54, 1.807) is 0 Å². The molecule has 2 N–H and O–H groups in total. The fraction of sp³-hybridized carbons (Fsp3) is 0.353. The van der Waals surface area contributed by atoms with Crippen molar-refractivity contribution in [2.75, 3.05) is 57.7 Å². The van der Waals surface area contributed by atoms with Crippen molar-refractivity contribution in [2.24, 2.45) is 0 Å². The van der Waals surface area contributed by atoms with Crippen molar-refractivity contribution in [1.82, 2.24) is 24.5 Å². The van der Waals surface area contributed by atoms with Gasteiger partial charge >= 0.3 is 0 Å². The molecule has 0 amide bonds. The first kappa shape index (κ1) is 27.3. The zero-order valence-electron chi connectivity index (χ0n) is 23.6. The number of anilines is 1. The zero-order chi connectivity index (χ0) is 27.1. The Morgan fingerprint density at radius 2 is 1.48 bits per heavy atom. The molecule has 6 heteroatoms. The van der Waals surface area contributed by atoms with E-state index < -0.39 is 0 Å². The number of rotatable bonds is 12. The second-order valence-electron chi connectivity index (χ2n) is 11.0. The van der Waals surface area contributed by atoms with Gasteiger partial charge in [-0.25, -0.2) is 4.98 Å². The lowest BCUT2D eigenvalue weighted by Gasteiger charge is -2.34. The van der Waals surface area contributed by atoms with Gasteiger partial charge in [0.05, 0.1) is 16.6 Å². The minimum atomic E-state index is 0.916. The van der Waals surface area contributed by atoms with E-state index >= 15 is 0 Å². The second kappa shape index (κ2) is 13.2. The van der Waals surface area contributed by atoms with Crippen LogP contribution in [0.25, 0.3) is 16.6 Å². The average Bonchev–Trinajstić information content (AvgIpc) is 3.64. The predicted molar refractivity (Wildman–Crippen MR) is 166 cm³/mol. The molecule has 2 aromatic heterocycles. The highest BCUT2D eigenvalue weighted by Gasteiger charge is 2.26. The zero-order valence-corrected chi connectivity index (χ0v) is 23.6. The molecular weight excluding hydrogens is 492 g/mol. The van der Waals surface area contributed by atoms with Gasteiger partial charge < -0.3 is 24.8 Å². The lowest BCUT2D eigenvalue weighted by molar-refractivity contribution is 0.131. The van der Waals surface area contributed by atoms with Gasteiger partial charge in [-0.15, -0.1) is 0 Å². The fourth-order valence-electron chi connectivity index (χ4n) is 6.02. The lowest BCUT2D eigenvalue weighted by Crippen LogP contribution is -2.47. The van der Waals surface area contributed by atoms with E-state index in [2.05, 4.69) is 118 Å². The summed E-state index contributed by atoms with van der Waals surface area (Å²) in [5.41, 5.74) is 7.25. The smallest absolute Gasteiger partial charge is 0.151 e. The summed E-state index contributed by atoms with van der Waals surface area (Å²) in [6.45, 7) is 12.1. The SMILES string of the molecule is Cc1cn2c(c(NCCCN3CCN(CCCNCc4ccccc4)CC3)nc3ccccc32)c1[C]1[CH][CH][CH][CH]1. The molecule has 1 saturated heterocycles. The summed E-state index contributed by atoms with van der Waals surface area (Å²) >= 11 is 0. The average molecular weight is 534 g/mol. The lowest BCUT2D eigenvalue weighted by atomic mass is 9.95. The molecule has 1 aliphatic carbocycles. The van der Waals surface area contributed by atoms with Gasteiger partial charge in [0.2, 0.25) is 0 Å². The Balaban J connectivity index is 0.976. The third-order valence-corrected chi connectivity index (χ3v) is 8.15. The third kappa shape index (κ3) is 6.35. The molecule has 0 unspecified atom stereocenters. The van der Waals surface area contributed by atoms with Crippen LogP contribution in [0.4, 0.5) is 5.82 Å². The van der Waals surface area contributed by atoms with Gasteiger partial charge in [0, 0.05) is 51.4 Å². The number of aryl methyl sites for hydroxylation is 1.